The third kappa shape index (κ3) is 10.1. The quantitative estimate of drug-likeness (QED) is 0.535. The zero-order chi connectivity index (χ0) is 11.5. The molecule has 0 heterocycles. The van der Waals surface area contributed by atoms with Crippen LogP contribution in [0.4, 0.5) is 0 Å². The van der Waals surface area contributed by atoms with Crippen LogP contribution in [0.3, 0.4) is 0 Å². The first-order valence-corrected chi connectivity index (χ1v) is 5.23. The molecule has 0 aromatic heterocycles. The Morgan fingerprint density at radius 1 is 0.867 bits per heavy atom. The van der Waals surface area contributed by atoms with Gasteiger partial charge in [0.25, 0.3) is 0 Å². The Morgan fingerprint density at radius 2 is 1.27 bits per heavy atom. The normalized spacial score (nSPS) is 15.2. The minimum Gasteiger partial charge on any atom is -0.394 e. The molecular weight excluding hydrogens is 200 g/mol. The maximum absolute atomic E-state index is 8.52. The van der Waals surface area contributed by atoms with Crippen LogP contribution in [-0.2, 0) is 14.2 Å². The van der Waals surface area contributed by atoms with E-state index in [1.807, 2.05) is 13.8 Å². The molecule has 0 aliphatic rings. The standard InChI is InChI=1S/C10H22O5/c1-9(14-5-3-11)7-13-8-10(2)15-6-4-12/h9-12H,3-8H2,1-2H3. The number of rotatable bonds is 10. The lowest BCUT2D eigenvalue weighted by molar-refractivity contribution is -0.0556. The van der Waals surface area contributed by atoms with Gasteiger partial charge in [0.2, 0.25) is 0 Å². The summed E-state index contributed by atoms with van der Waals surface area (Å²) in [6, 6.07) is 0. The molecule has 2 atom stereocenters. The second-order valence-corrected chi connectivity index (χ2v) is 3.35. The highest BCUT2D eigenvalue weighted by Gasteiger charge is 2.05. The van der Waals surface area contributed by atoms with E-state index in [2.05, 4.69) is 0 Å². The van der Waals surface area contributed by atoms with Crippen molar-refractivity contribution in [3.05, 3.63) is 0 Å². The largest absolute Gasteiger partial charge is 0.394 e. The van der Waals surface area contributed by atoms with Gasteiger partial charge in [0, 0.05) is 0 Å². The van der Waals surface area contributed by atoms with Gasteiger partial charge in [-0.05, 0) is 13.8 Å². The molecule has 0 radical (unpaired) electrons. The van der Waals surface area contributed by atoms with Gasteiger partial charge >= 0.3 is 0 Å². The SMILES string of the molecule is CC(COCC(C)OCCO)OCCO. The summed E-state index contributed by atoms with van der Waals surface area (Å²) in [5.74, 6) is 0. The van der Waals surface area contributed by atoms with Crippen molar-refractivity contribution in [1.82, 2.24) is 0 Å². The smallest absolute Gasteiger partial charge is 0.0781 e. The Kier molecular flexibility index (Phi) is 10.2. The summed E-state index contributed by atoms with van der Waals surface area (Å²) in [5, 5.41) is 17.0. The highest BCUT2D eigenvalue weighted by Crippen LogP contribution is 1.95. The number of aliphatic hydroxyl groups excluding tert-OH is 2. The van der Waals surface area contributed by atoms with Crippen LogP contribution in [0.25, 0.3) is 0 Å². The molecule has 2 N–H and O–H groups in total. The Labute approximate surface area is 91.0 Å². The minimum atomic E-state index is -0.0257. The third-order valence-corrected chi connectivity index (χ3v) is 1.69. The molecule has 0 bridgehead atoms. The van der Waals surface area contributed by atoms with E-state index < -0.39 is 0 Å². The molecule has 0 saturated carbocycles. The number of hydrogen-bond acceptors (Lipinski definition) is 5. The molecular formula is C10H22O5. The first-order chi connectivity index (χ1) is 7.20. The molecule has 0 aliphatic carbocycles. The predicted octanol–water partition coefficient (Wildman–Crippen LogP) is -0.202. The number of hydrogen-bond donors (Lipinski definition) is 2. The molecule has 92 valence electrons. The zero-order valence-corrected chi connectivity index (χ0v) is 9.52. The van der Waals surface area contributed by atoms with Crippen molar-refractivity contribution in [2.24, 2.45) is 0 Å². The highest BCUT2D eigenvalue weighted by atomic mass is 16.6. The van der Waals surface area contributed by atoms with Crippen LogP contribution < -0.4 is 0 Å². The van der Waals surface area contributed by atoms with E-state index in [9.17, 15) is 0 Å². The molecule has 0 spiro atoms. The van der Waals surface area contributed by atoms with Gasteiger partial charge in [-0.25, -0.2) is 0 Å². The maximum Gasteiger partial charge on any atom is 0.0781 e. The van der Waals surface area contributed by atoms with Gasteiger partial charge < -0.3 is 24.4 Å². The molecule has 5 heteroatoms. The fourth-order valence-corrected chi connectivity index (χ4v) is 1.00. The van der Waals surface area contributed by atoms with Crippen LogP contribution in [0.15, 0.2) is 0 Å². The molecule has 0 aliphatic heterocycles. The Balaban J connectivity index is 3.27. The lowest BCUT2D eigenvalue weighted by atomic mass is 10.4. The van der Waals surface area contributed by atoms with Gasteiger partial charge in [-0.1, -0.05) is 0 Å². The molecule has 0 aromatic rings. The van der Waals surface area contributed by atoms with Crippen LogP contribution >= 0.6 is 0 Å². The Bertz CT molecular complexity index is 117. The highest BCUT2D eigenvalue weighted by molar-refractivity contribution is 4.51. The fraction of sp³-hybridized carbons (Fsp3) is 1.00. The van der Waals surface area contributed by atoms with Crippen molar-refractivity contribution < 1.29 is 24.4 Å². The van der Waals surface area contributed by atoms with Crippen LogP contribution in [-0.4, -0.2) is 62.1 Å². The zero-order valence-electron chi connectivity index (χ0n) is 9.52. The van der Waals surface area contributed by atoms with E-state index in [4.69, 9.17) is 24.4 Å². The number of ether oxygens (including phenoxy) is 3. The van der Waals surface area contributed by atoms with Gasteiger partial charge in [0.15, 0.2) is 0 Å². The molecule has 0 saturated heterocycles. The third-order valence-electron chi connectivity index (χ3n) is 1.69. The van der Waals surface area contributed by atoms with E-state index in [1.165, 1.54) is 0 Å². The van der Waals surface area contributed by atoms with E-state index in [0.29, 0.717) is 26.4 Å². The van der Waals surface area contributed by atoms with Gasteiger partial charge in [-0.15, -0.1) is 0 Å². The molecule has 0 amide bonds. The van der Waals surface area contributed by atoms with Crippen molar-refractivity contribution >= 4 is 0 Å². The van der Waals surface area contributed by atoms with Crippen molar-refractivity contribution in [3.63, 3.8) is 0 Å². The Hall–Kier alpha value is -0.200. The van der Waals surface area contributed by atoms with Crippen LogP contribution in [0.1, 0.15) is 13.8 Å². The molecule has 15 heavy (non-hydrogen) atoms. The summed E-state index contributed by atoms with van der Waals surface area (Å²) >= 11 is 0. The summed E-state index contributed by atoms with van der Waals surface area (Å²) in [6.07, 6.45) is -0.0515. The number of aliphatic hydroxyl groups is 2. The van der Waals surface area contributed by atoms with Gasteiger partial charge in [-0.3, -0.25) is 0 Å². The van der Waals surface area contributed by atoms with Gasteiger partial charge in [0.05, 0.1) is 51.8 Å². The lowest BCUT2D eigenvalue weighted by Gasteiger charge is -2.15. The van der Waals surface area contributed by atoms with Crippen molar-refractivity contribution in [2.75, 3.05) is 39.6 Å². The molecule has 2 unspecified atom stereocenters. The van der Waals surface area contributed by atoms with Gasteiger partial charge in [-0.2, -0.15) is 0 Å². The predicted molar refractivity (Wildman–Crippen MR) is 55.8 cm³/mol. The summed E-state index contributed by atoms with van der Waals surface area (Å²) in [5.41, 5.74) is 0. The average molecular weight is 222 g/mol. The van der Waals surface area contributed by atoms with Crippen molar-refractivity contribution in [1.29, 1.82) is 0 Å². The minimum absolute atomic E-state index is 0.0257. The van der Waals surface area contributed by atoms with E-state index >= 15 is 0 Å². The fourth-order valence-electron chi connectivity index (χ4n) is 1.00. The maximum atomic E-state index is 8.52. The molecule has 0 rings (SSSR count). The van der Waals surface area contributed by atoms with Gasteiger partial charge in [0.1, 0.15) is 0 Å². The summed E-state index contributed by atoms with van der Waals surface area (Å²) in [6.45, 7) is 5.45. The molecule has 5 nitrogen and oxygen atoms in total. The second kappa shape index (κ2) is 10.3. The summed E-state index contributed by atoms with van der Waals surface area (Å²) in [4.78, 5) is 0. The van der Waals surface area contributed by atoms with E-state index in [-0.39, 0.29) is 25.4 Å². The first-order valence-electron chi connectivity index (χ1n) is 5.23. The molecule has 0 aromatic carbocycles. The lowest BCUT2D eigenvalue weighted by Crippen LogP contribution is -2.23. The Morgan fingerprint density at radius 3 is 1.60 bits per heavy atom. The first kappa shape index (κ1) is 14.8. The van der Waals surface area contributed by atoms with Crippen molar-refractivity contribution in [2.45, 2.75) is 26.1 Å². The average Bonchev–Trinajstić information content (AvgIpc) is 2.23. The van der Waals surface area contributed by atoms with Crippen LogP contribution in [0.2, 0.25) is 0 Å². The summed E-state index contributed by atoms with van der Waals surface area (Å²) < 4.78 is 15.7. The molecule has 0 fully saturated rings. The topological polar surface area (TPSA) is 68.2 Å². The van der Waals surface area contributed by atoms with E-state index in [0.717, 1.165) is 0 Å². The van der Waals surface area contributed by atoms with Crippen LogP contribution in [0, 0.1) is 0 Å². The monoisotopic (exact) mass is 222 g/mol. The van der Waals surface area contributed by atoms with Crippen LogP contribution in [0.5, 0.6) is 0 Å². The van der Waals surface area contributed by atoms with Crippen molar-refractivity contribution in [3.8, 4) is 0 Å². The summed E-state index contributed by atoms with van der Waals surface area (Å²) in [7, 11) is 0. The van der Waals surface area contributed by atoms with E-state index in [1.54, 1.807) is 0 Å². The second-order valence-electron chi connectivity index (χ2n) is 3.35.